The first-order valence-corrected chi connectivity index (χ1v) is 13.9. The number of amides is 1. The van der Waals surface area contributed by atoms with Crippen LogP contribution in [-0.2, 0) is 4.79 Å². The standard InChI is InChI=1S/C30H29N3O3S/c34-26(35)15-18-5-7-20(8-6-18)25-17-37-29-27(32-33-28(25)29)21-11-13-24(14-12-21)31-30(36)23-10-9-19-3-1-2-4-22(19)16-23/h1-4,9-14,16,18,20,25H,5-8,15,17H2,(H,31,36)(H,32,33)(H,34,35). The SMILES string of the molecule is O=C(O)CC1CCC(C2CSc3c(-c4ccc(NC(=O)c5ccc6ccccc6c5)cc4)n[nH]c32)CC1. The van der Waals surface area contributed by atoms with Crippen LogP contribution in [0.5, 0.6) is 0 Å². The number of carbonyl (C=O) groups is 2. The van der Waals surface area contributed by atoms with Gasteiger partial charge in [-0.15, -0.1) is 11.8 Å². The number of fused-ring (bicyclic) bond motifs is 2. The van der Waals surface area contributed by atoms with Gasteiger partial charge < -0.3 is 10.4 Å². The van der Waals surface area contributed by atoms with Crippen LogP contribution in [0.4, 0.5) is 5.69 Å². The highest BCUT2D eigenvalue weighted by molar-refractivity contribution is 7.99. The Bertz CT molecular complexity index is 1450. The second-order valence-electron chi connectivity index (χ2n) is 10.2. The lowest BCUT2D eigenvalue weighted by molar-refractivity contribution is -0.138. The van der Waals surface area contributed by atoms with Crippen LogP contribution in [0.25, 0.3) is 22.0 Å². The van der Waals surface area contributed by atoms with Crippen molar-refractivity contribution in [2.45, 2.75) is 42.9 Å². The number of carboxylic acid groups (broad SMARTS) is 1. The molecular formula is C30H29N3O3S. The van der Waals surface area contributed by atoms with Crippen molar-refractivity contribution in [2.24, 2.45) is 11.8 Å². The number of anilines is 1. The number of carboxylic acids is 1. The quantitative estimate of drug-likeness (QED) is 0.260. The number of rotatable bonds is 6. The summed E-state index contributed by atoms with van der Waals surface area (Å²) in [5.74, 6) is 1.59. The number of aliphatic carboxylic acids is 1. The van der Waals surface area contributed by atoms with E-state index in [1.165, 1.54) is 10.6 Å². The van der Waals surface area contributed by atoms with Gasteiger partial charge in [0, 0.05) is 34.9 Å². The van der Waals surface area contributed by atoms with Crippen LogP contribution in [0.3, 0.4) is 0 Å². The Morgan fingerprint density at radius 1 is 0.973 bits per heavy atom. The van der Waals surface area contributed by atoms with Crippen molar-refractivity contribution in [3.05, 3.63) is 78.0 Å². The normalized spacial score (nSPS) is 21.0. The Morgan fingerprint density at radius 3 is 2.49 bits per heavy atom. The summed E-state index contributed by atoms with van der Waals surface area (Å²) in [7, 11) is 0. The summed E-state index contributed by atoms with van der Waals surface area (Å²) in [5, 5.41) is 22.2. The average Bonchev–Trinajstić information content (AvgIpc) is 3.52. The predicted octanol–water partition coefficient (Wildman–Crippen LogP) is 6.95. The molecule has 6 nitrogen and oxygen atoms in total. The molecule has 1 aromatic heterocycles. The first-order chi connectivity index (χ1) is 18.0. The molecule has 2 aliphatic rings. The van der Waals surface area contributed by atoms with Crippen LogP contribution in [0.2, 0.25) is 0 Å². The summed E-state index contributed by atoms with van der Waals surface area (Å²) >= 11 is 1.86. The van der Waals surface area contributed by atoms with E-state index in [4.69, 9.17) is 5.11 Å². The van der Waals surface area contributed by atoms with Crippen molar-refractivity contribution in [1.82, 2.24) is 10.2 Å². The van der Waals surface area contributed by atoms with Crippen molar-refractivity contribution in [3.8, 4) is 11.3 Å². The lowest BCUT2D eigenvalue weighted by atomic mass is 9.74. The monoisotopic (exact) mass is 511 g/mol. The topological polar surface area (TPSA) is 95.1 Å². The zero-order chi connectivity index (χ0) is 25.4. The summed E-state index contributed by atoms with van der Waals surface area (Å²) in [6, 6.07) is 21.6. The summed E-state index contributed by atoms with van der Waals surface area (Å²) < 4.78 is 0. The van der Waals surface area contributed by atoms with Crippen LogP contribution in [0, 0.1) is 11.8 Å². The molecule has 4 aromatic rings. The van der Waals surface area contributed by atoms with Gasteiger partial charge in [-0.25, -0.2) is 0 Å². The maximum atomic E-state index is 12.8. The molecular weight excluding hydrogens is 482 g/mol. The van der Waals surface area contributed by atoms with Crippen LogP contribution < -0.4 is 5.32 Å². The highest BCUT2D eigenvalue weighted by Gasteiger charge is 2.36. The molecule has 1 saturated carbocycles. The molecule has 0 bridgehead atoms. The molecule has 3 N–H and O–H groups in total. The lowest BCUT2D eigenvalue weighted by Crippen LogP contribution is -2.22. The predicted molar refractivity (Wildman–Crippen MR) is 147 cm³/mol. The minimum absolute atomic E-state index is 0.129. The van der Waals surface area contributed by atoms with E-state index in [0.717, 1.165) is 59.2 Å². The number of aromatic nitrogens is 2. The molecule has 1 fully saturated rings. The fraction of sp³-hybridized carbons (Fsp3) is 0.300. The molecule has 1 amide bonds. The molecule has 2 heterocycles. The fourth-order valence-electron chi connectivity index (χ4n) is 5.85. The van der Waals surface area contributed by atoms with Gasteiger partial charge in [0.05, 0.1) is 10.6 Å². The summed E-state index contributed by atoms with van der Waals surface area (Å²) in [6.45, 7) is 0. The van der Waals surface area contributed by atoms with Crippen molar-refractivity contribution >= 4 is 40.1 Å². The maximum Gasteiger partial charge on any atom is 0.303 e. The lowest BCUT2D eigenvalue weighted by Gasteiger charge is -2.31. The van der Waals surface area contributed by atoms with Crippen LogP contribution >= 0.6 is 11.8 Å². The molecule has 188 valence electrons. The minimum atomic E-state index is -0.681. The third-order valence-corrected chi connectivity index (χ3v) is 9.11. The largest absolute Gasteiger partial charge is 0.481 e. The fourth-order valence-corrected chi connectivity index (χ4v) is 7.29. The molecule has 3 aromatic carbocycles. The van der Waals surface area contributed by atoms with Crippen LogP contribution in [0.15, 0.2) is 71.6 Å². The van der Waals surface area contributed by atoms with E-state index >= 15 is 0 Å². The Hall–Kier alpha value is -3.58. The molecule has 0 radical (unpaired) electrons. The van der Waals surface area contributed by atoms with Gasteiger partial charge >= 0.3 is 5.97 Å². The maximum absolute atomic E-state index is 12.8. The van der Waals surface area contributed by atoms with Gasteiger partial charge in [0.1, 0.15) is 5.69 Å². The Kier molecular flexibility index (Phi) is 6.47. The number of aromatic amines is 1. The number of hydrogen-bond donors (Lipinski definition) is 3. The summed E-state index contributed by atoms with van der Waals surface area (Å²) in [5.41, 5.74) is 4.61. The first-order valence-electron chi connectivity index (χ1n) is 12.9. The zero-order valence-corrected chi connectivity index (χ0v) is 21.3. The Balaban J connectivity index is 1.12. The molecule has 1 atom stereocenters. The van der Waals surface area contributed by atoms with Crippen LogP contribution in [-0.4, -0.2) is 32.9 Å². The number of benzene rings is 3. The van der Waals surface area contributed by atoms with Gasteiger partial charge in [-0.3, -0.25) is 14.7 Å². The molecule has 1 aliphatic heterocycles. The van der Waals surface area contributed by atoms with Gasteiger partial charge in [0.25, 0.3) is 5.91 Å². The van der Waals surface area contributed by atoms with E-state index in [1.54, 1.807) is 0 Å². The number of thioether (sulfide) groups is 1. The van der Waals surface area contributed by atoms with E-state index in [-0.39, 0.29) is 5.91 Å². The third-order valence-electron chi connectivity index (χ3n) is 7.88. The molecule has 37 heavy (non-hydrogen) atoms. The molecule has 0 saturated heterocycles. The third kappa shape index (κ3) is 4.88. The number of nitrogens with one attached hydrogen (secondary N) is 2. The number of carbonyl (C=O) groups excluding carboxylic acids is 1. The summed E-state index contributed by atoms with van der Waals surface area (Å²) in [6.07, 6.45) is 4.47. The van der Waals surface area contributed by atoms with Crippen molar-refractivity contribution in [2.75, 3.05) is 11.1 Å². The Morgan fingerprint density at radius 2 is 1.73 bits per heavy atom. The summed E-state index contributed by atoms with van der Waals surface area (Å²) in [4.78, 5) is 25.1. The van der Waals surface area contributed by atoms with Gasteiger partial charge in [-0.1, -0.05) is 42.5 Å². The Labute approximate surface area is 219 Å². The molecule has 1 aliphatic carbocycles. The smallest absolute Gasteiger partial charge is 0.303 e. The zero-order valence-electron chi connectivity index (χ0n) is 20.4. The highest BCUT2D eigenvalue weighted by Crippen LogP contribution is 2.50. The average molecular weight is 512 g/mol. The number of nitrogens with zero attached hydrogens (tertiary/aromatic N) is 1. The number of H-pyrrole nitrogens is 1. The van der Waals surface area contributed by atoms with Gasteiger partial charge in [-0.2, -0.15) is 5.10 Å². The van der Waals surface area contributed by atoms with Crippen molar-refractivity contribution in [3.63, 3.8) is 0 Å². The molecule has 0 spiro atoms. The highest BCUT2D eigenvalue weighted by atomic mass is 32.2. The van der Waals surface area contributed by atoms with Crippen molar-refractivity contribution in [1.29, 1.82) is 0 Å². The minimum Gasteiger partial charge on any atom is -0.481 e. The van der Waals surface area contributed by atoms with Gasteiger partial charge in [-0.05, 0) is 72.6 Å². The molecule has 1 unspecified atom stereocenters. The van der Waals surface area contributed by atoms with Crippen LogP contribution in [0.1, 0.15) is 54.1 Å². The van der Waals surface area contributed by atoms with E-state index < -0.39 is 5.97 Å². The van der Waals surface area contributed by atoms with E-state index in [9.17, 15) is 9.59 Å². The van der Waals surface area contributed by atoms with Gasteiger partial charge in [0.2, 0.25) is 0 Å². The molecule has 6 rings (SSSR count). The second kappa shape index (κ2) is 10.1. The second-order valence-corrected chi connectivity index (χ2v) is 11.2. The first kappa shape index (κ1) is 23.8. The van der Waals surface area contributed by atoms with E-state index in [1.807, 2.05) is 78.5 Å². The van der Waals surface area contributed by atoms with Crippen molar-refractivity contribution < 1.29 is 14.7 Å². The number of hydrogen-bond acceptors (Lipinski definition) is 4. The molecule has 7 heteroatoms. The van der Waals surface area contributed by atoms with E-state index in [2.05, 4.69) is 15.5 Å². The van der Waals surface area contributed by atoms with Gasteiger partial charge in [0.15, 0.2) is 0 Å². The van der Waals surface area contributed by atoms with E-state index in [0.29, 0.717) is 29.7 Å².